The minimum atomic E-state index is -0.778. The van der Waals surface area contributed by atoms with Crippen molar-refractivity contribution in [3.63, 3.8) is 0 Å². The van der Waals surface area contributed by atoms with Crippen molar-refractivity contribution in [3.05, 3.63) is 35.4 Å². The Bertz CT molecular complexity index is 505. The minimum absolute atomic E-state index is 0.238. The van der Waals surface area contributed by atoms with Crippen molar-refractivity contribution in [1.82, 2.24) is 10.2 Å². The lowest BCUT2D eigenvalue weighted by Crippen LogP contribution is -2.42. The molecule has 3 nitrogen and oxygen atoms in total. The number of rotatable bonds is 5. The van der Waals surface area contributed by atoms with E-state index >= 15 is 0 Å². The van der Waals surface area contributed by atoms with Gasteiger partial charge in [0.1, 0.15) is 17.2 Å². The number of hydrogen-bond acceptors (Lipinski definition) is 2. The van der Waals surface area contributed by atoms with Crippen LogP contribution in [-0.2, 0) is 0 Å². The first kappa shape index (κ1) is 14.4. The summed E-state index contributed by atoms with van der Waals surface area (Å²) in [5, 5.41) is 3.33. The smallest absolute Gasteiger partial charge is 0.259 e. The molecule has 114 valence electrons. The zero-order chi connectivity index (χ0) is 14.8. The van der Waals surface area contributed by atoms with Crippen LogP contribution in [0.5, 0.6) is 0 Å². The number of benzene rings is 1. The summed E-state index contributed by atoms with van der Waals surface area (Å²) in [6.07, 6.45) is 4.29. The molecule has 0 bridgehead atoms. The van der Waals surface area contributed by atoms with Crippen LogP contribution in [-0.4, -0.2) is 36.5 Å². The van der Waals surface area contributed by atoms with E-state index in [4.69, 9.17) is 0 Å². The number of nitrogens with zero attached hydrogens (tertiary/aromatic N) is 1. The van der Waals surface area contributed by atoms with Crippen LogP contribution in [0.25, 0.3) is 0 Å². The fourth-order valence-corrected chi connectivity index (χ4v) is 2.89. The quantitative estimate of drug-likeness (QED) is 0.905. The van der Waals surface area contributed by atoms with Crippen LogP contribution in [0.2, 0.25) is 0 Å². The van der Waals surface area contributed by atoms with Gasteiger partial charge in [-0.2, -0.15) is 0 Å². The van der Waals surface area contributed by atoms with Gasteiger partial charge in [0, 0.05) is 19.1 Å². The van der Waals surface area contributed by atoms with Crippen molar-refractivity contribution in [2.75, 3.05) is 19.6 Å². The van der Waals surface area contributed by atoms with Crippen LogP contribution >= 0.6 is 0 Å². The topological polar surface area (TPSA) is 32.3 Å². The highest BCUT2D eigenvalue weighted by Gasteiger charge is 2.31. The average molecular weight is 294 g/mol. The molecule has 1 N–H and O–H groups in total. The van der Waals surface area contributed by atoms with Gasteiger partial charge < -0.3 is 10.2 Å². The number of hydrogen-bond donors (Lipinski definition) is 1. The van der Waals surface area contributed by atoms with E-state index in [0.29, 0.717) is 19.0 Å². The maximum Gasteiger partial charge on any atom is 0.259 e. The molecule has 1 heterocycles. The lowest BCUT2D eigenvalue weighted by atomic mass is 10.1. The van der Waals surface area contributed by atoms with E-state index in [0.717, 1.165) is 44.4 Å². The van der Waals surface area contributed by atoms with E-state index in [1.807, 2.05) is 0 Å². The third kappa shape index (κ3) is 3.40. The number of nitrogens with one attached hydrogen (secondary N) is 1. The molecule has 2 aliphatic rings. The summed E-state index contributed by atoms with van der Waals surface area (Å²) in [5.41, 5.74) is -0.420. The highest BCUT2D eigenvalue weighted by Crippen LogP contribution is 2.30. The van der Waals surface area contributed by atoms with Gasteiger partial charge in [0.05, 0.1) is 0 Å². The molecule has 5 heteroatoms. The van der Waals surface area contributed by atoms with Crippen molar-refractivity contribution in [1.29, 1.82) is 0 Å². The predicted molar refractivity (Wildman–Crippen MR) is 76.0 cm³/mol. The summed E-state index contributed by atoms with van der Waals surface area (Å²) in [7, 11) is 0. The Hall–Kier alpha value is -1.49. The molecule has 1 saturated carbocycles. The van der Waals surface area contributed by atoms with Gasteiger partial charge in [-0.3, -0.25) is 4.79 Å². The second kappa shape index (κ2) is 6.10. The van der Waals surface area contributed by atoms with Gasteiger partial charge in [-0.25, -0.2) is 8.78 Å². The standard InChI is InChI=1S/C16H20F2N2O/c17-13-4-1-5-14(18)15(13)16(21)20(9-11-6-7-11)10-12-3-2-8-19-12/h1,4-5,11-12,19H,2-3,6-10H2. The van der Waals surface area contributed by atoms with Crippen LogP contribution in [0.3, 0.4) is 0 Å². The molecule has 3 rings (SSSR count). The van der Waals surface area contributed by atoms with E-state index in [1.165, 1.54) is 6.07 Å². The molecule has 1 aromatic carbocycles. The van der Waals surface area contributed by atoms with Crippen molar-refractivity contribution in [2.24, 2.45) is 5.92 Å². The monoisotopic (exact) mass is 294 g/mol. The first-order valence-corrected chi connectivity index (χ1v) is 7.62. The third-order valence-electron chi connectivity index (χ3n) is 4.24. The number of halogens is 2. The summed E-state index contributed by atoms with van der Waals surface area (Å²) in [6, 6.07) is 3.80. The Morgan fingerprint density at radius 1 is 1.19 bits per heavy atom. The first-order valence-electron chi connectivity index (χ1n) is 7.62. The van der Waals surface area contributed by atoms with Crippen LogP contribution in [0.1, 0.15) is 36.0 Å². The Kier molecular flexibility index (Phi) is 4.19. The Morgan fingerprint density at radius 2 is 1.90 bits per heavy atom. The lowest BCUT2D eigenvalue weighted by Gasteiger charge is -2.26. The van der Waals surface area contributed by atoms with Gasteiger partial charge in [-0.1, -0.05) is 6.07 Å². The number of carbonyl (C=O) groups excluding carboxylic acids is 1. The third-order valence-corrected chi connectivity index (χ3v) is 4.24. The predicted octanol–water partition coefficient (Wildman–Crippen LogP) is 2.57. The Labute approximate surface area is 123 Å². The summed E-state index contributed by atoms with van der Waals surface area (Å²) in [5.74, 6) is -1.59. The fraction of sp³-hybridized carbons (Fsp3) is 0.562. The molecule has 1 atom stereocenters. The van der Waals surface area contributed by atoms with Gasteiger partial charge in [-0.15, -0.1) is 0 Å². The molecular formula is C16H20F2N2O. The van der Waals surface area contributed by atoms with Gasteiger partial charge in [0.2, 0.25) is 0 Å². The number of carbonyl (C=O) groups is 1. The highest BCUT2D eigenvalue weighted by molar-refractivity contribution is 5.94. The van der Waals surface area contributed by atoms with Gasteiger partial charge in [-0.05, 0) is 50.3 Å². The van der Waals surface area contributed by atoms with E-state index in [1.54, 1.807) is 4.90 Å². The molecule has 1 aliphatic heterocycles. The molecular weight excluding hydrogens is 274 g/mol. The second-order valence-electron chi connectivity index (χ2n) is 6.04. The maximum atomic E-state index is 13.8. The Morgan fingerprint density at radius 3 is 2.48 bits per heavy atom. The number of amides is 1. The van der Waals surface area contributed by atoms with Gasteiger partial charge in [0.15, 0.2) is 0 Å². The molecule has 0 spiro atoms. The van der Waals surface area contributed by atoms with Gasteiger partial charge in [0.25, 0.3) is 5.91 Å². The molecule has 1 aromatic rings. The van der Waals surface area contributed by atoms with Crippen LogP contribution in [0.4, 0.5) is 8.78 Å². The lowest BCUT2D eigenvalue weighted by molar-refractivity contribution is 0.0723. The summed E-state index contributed by atoms with van der Waals surface area (Å²) in [6.45, 7) is 2.08. The normalized spacial score (nSPS) is 21.5. The molecule has 2 fully saturated rings. The summed E-state index contributed by atoms with van der Waals surface area (Å²) >= 11 is 0. The van der Waals surface area contributed by atoms with Crippen molar-refractivity contribution in [2.45, 2.75) is 31.7 Å². The van der Waals surface area contributed by atoms with E-state index in [-0.39, 0.29) is 6.04 Å². The zero-order valence-electron chi connectivity index (χ0n) is 11.9. The summed E-state index contributed by atoms with van der Waals surface area (Å²) in [4.78, 5) is 14.2. The zero-order valence-corrected chi connectivity index (χ0v) is 11.9. The first-order chi connectivity index (χ1) is 10.1. The molecule has 0 radical (unpaired) electrons. The molecule has 21 heavy (non-hydrogen) atoms. The second-order valence-corrected chi connectivity index (χ2v) is 6.04. The van der Waals surface area contributed by atoms with E-state index < -0.39 is 23.1 Å². The molecule has 1 saturated heterocycles. The van der Waals surface area contributed by atoms with Crippen LogP contribution < -0.4 is 5.32 Å². The molecule has 1 unspecified atom stereocenters. The molecule has 1 aliphatic carbocycles. The van der Waals surface area contributed by atoms with Crippen molar-refractivity contribution >= 4 is 5.91 Å². The average Bonchev–Trinajstić information content (AvgIpc) is 3.11. The SMILES string of the molecule is O=C(c1c(F)cccc1F)N(CC1CC1)CC1CCCN1. The fourth-order valence-electron chi connectivity index (χ4n) is 2.89. The van der Waals surface area contributed by atoms with Crippen molar-refractivity contribution < 1.29 is 13.6 Å². The highest BCUT2D eigenvalue weighted by atomic mass is 19.1. The van der Waals surface area contributed by atoms with E-state index in [9.17, 15) is 13.6 Å². The molecule has 0 aromatic heterocycles. The Balaban J connectivity index is 1.78. The summed E-state index contributed by atoms with van der Waals surface area (Å²) < 4.78 is 27.6. The largest absolute Gasteiger partial charge is 0.337 e. The van der Waals surface area contributed by atoms with E-state index in [2.05, 4.69) is 5.32 Å². The van der Waals surface area contributed by atoms with Crippen LogP contribution in [0, 0.1) is 17.6 Å². The maximum absolute atomic E-state index is 13.8. The van der Waals surface area contributed by atoms with Gasteiger partial charge >= 0.3 is 0 Å². The van der Waals surface area contributed by atoms with Crippen molar-refractivity contribution in [3.8, 4) is 0 Å². The minimum Gasteiger partial charge on any atom is -0.337 e. The molecule has 1 amide bonds. The van der Waals surface area contributed by atoms with Crippen LogP contribution in [0.15, 0.2) is 18.2 Å².